The number of hydrogen-bond donors (Lipinski definition) is 1. The Morgan fingerprint density at radius 3 is 2.11 bits per heavy atom. The highest BCUT2D eigenvalue weighted by molar-refractivity contribution is 6.76. The van der Waals surface area contributed by atoms with Crippen molar-refractivity contribution in [1.82, 2.24) is 0 Å². The normalized spacial score (nSPS) is 14.4. The fourth-order valence-corrected chi connectivity index (χ4v) is 2.68. The van der Waals surface area contributed by atoms with Gasteiger partial charge < -0.3 is 9.84 Å². The van der Waals surface area contributed by atoms with Crippen molar-refractivity contribution in [2.75, 3.05) is 0 Å². The van der Waals surface area contributed by atoms with Gasteiger partial charge in [-0.2, -0.15) is 0 Å². The molecule has 0 aromatic heterocycles. The minimum absolute atomic E-state index is 0.146. The van der Waals surface area contributed by atoms with Gasteiger partial charge in [0.2, 0.25) is 0 Å². The summed E-state index contributed by atoms with van der Waals surface area (Å²) in [7, 11) is -1.19. The van der Waals surface area contributed by atoms with E-state index in [4.69, 9.17) is 9.84 Å². The zero-order valence-electron chi connectivity index (χ0n) is 12.8. The van der Waals surface area contributed by atoms with Gasteiger partial charge in [0.25, 0.3) is 0 Å². The predicted molar refractivity (Wildman–Crippen MR) is 78.9 cm³/mol. The lowest BCUT2D eigenvalue weighted by Crippen LogP contribution is -2.33. The van der Waals surface area contributed by atoms with E-state index in [0.29, 0.717) is 0 Å². The van der Waals surface area contributed by atoms with Crippen molar-refractivity contribution in [2.24, 2.45) is 5.41 Å². The standard InChI is InChI=1S/C14H26O4Si/c1-14(2,3)11(9-10-19(4,5)6)18-13(17)8-7-12(15)16/h7-8,11H,9-10H2,1-6H3,(H,15,16). The van der Waals surface area contributed by atoms with Crippen molar-refractivity contribution in [1.29, 1.82) is 0 Å². The van der Waals surface area contributed by atoms with Gasteiger partial charge >= 0.3 is 11.9 Å². The minimum atomic E-state index is -1.19. The van der Waals surface area contributed by atoms with Gasteiger partial charge in [-0.15, -0.1) is 0 Å². The highest BCUT2D eigenvalue weighted by Gasteiger charge is 2.29. The van der Waals surface area contributed by atoms with Gasteiger partial charge in [0.05, 0.1) is 0 Å². The van der Waals surface area contributed by atoms with E-state index in [1.54, 1.807) is 0 Å². The van der Waals surface area contributed by atoms with E-state index in [-0.39, 0.29) is 11.5 Å². The SMILES string of the molecule is CC(C)(C)C(CC[Si](C)(C)C)OC(=O)C=CC(=O)O. The number of esters is 1. The van der Waals surface area contributed by atoms with E-state index >= 15 is 0 Å². The summed E-state index contributed by atoms with van der Waals surface area (Å²) >= 11 is 0. The Balaban J connectivity index is 4.62. The maximum absolute atomic E-state index is 11.6. The Kier molecular flexibility index (Phi) is 6.49. The number of ether oxygens (including phenoxy) is 1. The molecule has 0 amide bonds. The number of carboxylic acid groups (broad SMARTS) is 1. The summed E-state index contributed by atoms with van der Waals surface area (Å²) in [4.78, 5) is 21.9. The van der Waals surface area contributed by atoms with Crippen molar-refractivity contribution < 1.29 is 19.4 Å². The Labute approximate surface area is 116 Å². The second-order valence-corrected chi connectivity index (χ2v) is 12.7. The molecule has 0 spiro atoms. The summed E-state index contributed by atoms with van der Waals surface area (Å²) in [5, 5.41) is 8.48. The smallest absolute Gasteiger partial charge is 0.331 e. The third-order valence-corrected chi connectivity index (χ3v) is 4.53. The first-order valence-corrected chi connectivity index (χ1v) is 10.2. The molecule has 0 saturated heterocycles. The van der Waals surface area contributed by atoms with Crippen LogP contribution in [0.5, 0.6) is 0 Å². The molecule has 110 valence electrons. The van der Waals surface area contributed by atoms with Crippen LogP contribution in [0.3, 0.4) is 0 Å². The molecule has 0 aromatic rings. The van der Waals surface area contributed by atoms with Crippen molar-refractivity contribution in [2.45, 2.75) is 59.0 Å². The van der Waals surface area contributed by atoms with Gasteiger partial charge in [0.1, 0.15) is 6.10 Å². The lowest BCUT2D eigenvalue weighted by molar-refractivity contribution is -0.149. The molecular formula is C14H26O4Si. The van der Waals surface area contributed by atoms with Crippen LogP contribution in [0.15, 0.2) is 12.2 Å². The molecule has 0 aliphatic rings. The molecule has 0 saturated carbocycles. The van der Waals surface area contributed by atoms with Crippen LogP contribution >= 0.6 is 0 Å². The van der Waals surface area contributed by atoms with E-state index in [0.717, 1.165) is 24.6 Å². The average Bonchev–Trinajstić information content (AvgIpc) is 2.18. The second-order valence-electron chi connectivity index (χ2n) is 7.06. The third-order valence-electron chi connectivity index (χ3n) is 2.74. The fraction of sp³-hybridized carbons (Fsp3) is 0.714. The van der Waals surface area contributed by atoms with Crippen molar-refractivity contribution in [3.05, 3.63) is 12.2 Å². The van der Waals surface area contributed by atoms with Crippen LogP contribution in [-0.2, 0) is 14.3 Å². The van der Waals surface area contributed by atoms with Crippen LogP contribution in [-0.4, -0.2) is 31.2 Å². The Bertz CT molecular complexity index is 347. The lowest BCUT2D eigenvalue weighted by atomic mass is 9.87. The quantitative estimate of drug-likeness (QED) is 0.462. The first kappa shape index (κ1) is 17.9. The molecule has 0 heterocycles. The predicted octanol–water partition coefficient (Wildman–Crippen LogP) is 3.31. The average molecular weight is 286 g/mol. The summed E-state index contributed by atoms with van der Waals surface area (Å²) in [5.74, 6) is -1.73. The number of hydrogen-bond acceptors (Lipinski definition) is 3. The first-order valence-electron chi connectivity index (χ1n) is 6.53. The molecule has 0 fully saturated rings. The van der Waals surface area contributed by atoms with Crippen LogP contribution in [0, 0.1) is 5.41 Å². The second kappa shape index (κ2) is 6.89. The van der Waals surface area contributed by atoms with Crippen LogP contribution in [0.1, 0.15) is 27.2 Å². The molecule has 0 rings (SSSR count). The van der Waals surface area contributed by atoms with Gasteiger partial charge in [-0.3, -0.25) is 0 Å². The molecule has 5 heteroatoms. The molecule has 0 aliphatic heterocycles. The van der Waals surface area contributed by atoms with Gasteiger partial charge in [-0.25, -0.2) is 9.59 Å². The minimum Gasteiger partial charge on any atom is -0.478 e. The van der Waals surface area contributed by atoms with Crippen LogP contribution in [0.25, 0.3) is 0 Å². The number of rotatable bonds is 6. The molecule has 0 aromatic carbocycles. The molecule has 19 heavy (non-hydrogen) atoms. The van der Waals surface area contributed by atoms with Crippen molar-refractivity contribution in [3.8, 4) is 0 Å². The summed E-state index contributed by atoms with van der Waals surface area (Å²) in [6, 6.07) is 1.07. The number of carboxylic acids is 1. The molecule has 1 N–H and O–H groups in total. The van der Waals surface area contributed by atoms with E-state index in [9.17, 15) is 9.59 Å². The van der Waals surface area contributed by atoms with E-state index < -0.39 is 20.0 Å². The highest BCUT2D eigenvalue weighted by Crippen LogP contribution is 2.28. The van der Waals surface area contributed by atoms with Crippen LogP contribution < -0.4 is 0 Å². The first-order chi connectivity index (χ1) is 8.42. The van der Waals surface area contributed by atoms with E-state index in [1.165, 1.54) is 0 Å². The Hall–Kier alpha value is -1.10. The van der Waals surface area contributed by atoms with Crippen molar-refractivity contribution in [3.63, 3.8) is 0 Å². The molecule has 0 aliphatic carbocycles. The lowest BCUT2D eigenvalue weighted by Gasteiger charge is -2.31. The molecule has 0 bridgehead atoms. The largest absolute Gasteiger partial charge is 0.478 e. The van der Waals surface area contributed by atoms with Crippen molar-refractivity contribution >= 4 is 20.0 Å². The van der Waals surface area contributed by atoms with E-state index in [1.807, 2.05) is 20.8 Å². The van der Waals surface area contributed by atoms with Crippen LogP contribution in [0.4, 0.5) is 0 Å². The van der Waals surface area contributed by atoms with Crippen LogP contribution in [0.2, 0.25) is 25.7 Å². The monoisotopic (exact) mass is 286 g/mol. The molecule has 1 unspecified atom stereocenters. The topological polar surface area (TPSA) is 63.6 Å². The van der Waals surface area contributed by atoms with E-state index in [2.05, 4.69) is 19.6 Å². The maximum atomic E-state index is 11.6. The van der Waals surface area contributed by atoms with Gasteiger partial charge in [-0.05, 0) is 11.8 Å². The van der Waals surface area contributed by atoms with Gasteiger partial charge in [-0.1, -0.05) is 46.5 Å². The summed E-state index contributed by atoms with van der Waals surface area (Å²) in [6.07, 6.45) is 2.41. The zero-order chi connectivity index (χ0) is 15.3. The fourth-order valence-electron chi connectivity index (χ4n) is 1.55. The number of aliphatic carboxylic acids is 1. The summed E-state index contributed by atoms with van der Waals surface area (Å²) in [5.41, 5.74) is -0.146. The third kappa shape index (κ3) is 9.47. The maximum Gasteiger partial charge on any atom is 0.331 e. The summed E-state index contributed by atoms with van der Waals surface area (Å²) in [6.45, 7) is 12.9. The number of carbonyl (C=O) groups is 2. The Morgan fingerprint density at radius 1 is 1.21 bits per heavy atom. The number of carbonyl (C=O) groups excluding carboxylic acids is 1. The molecular weight excluding hydrogens is 260 g/mol. The molecule has 1 atom stereocenters. The molecule has 4 nitrogen and oxygen atoms in total. The highest BCUT2D eigenvalue weighted by atomic mass is 28.3. The zero-order valence-corrected chi connectivity index (χ0v) is 13.8. The summed E-state index contributed by atoms with van der Waals surface area (Å²) < 4.78 is 5.39. The van der Waals surface area contributed by atoms with Gasteiger partial charge in [0.15, 0.2) is 0 Å². The van der Waals surface area contributed by atoms with Gasteiger partial charge in [0, 0.05) is 20.2 Å². The molecule has 0 radical (unpaired) electrons. The Morgan fingerprint density at radius 2 is 1.74 bits per heavy atom.